The summed E-state index contributed by atoms with van der Waals surface area (Å²) in [7, 11) is -4.26. The highest BCUT2D eigenvalue weighted by Crippen LogP contribution is 2.38. The summed E-state index contributed by atoms with van der Waals surface area (Å²) in [5.74, 6) is -1.71. The molecule has 182 valence electrons. The second-order valence-electron chi connectivity index (χ2n) is 8.96. The van der Waals surface area contributed by atoms with E-state index in [0.717, 1.165) is 17.8 Å². The third-order valence-corrected chi connectivity index (χ3v) is 7.47. The van der Waals surface area contributed by atoms with Crippen LogP contribution < -0.4 is 20.7 Å². The molecule has 2 aliphatic rings. The fourth-order valence-electron chi connectivity index (χ4n) is 4.72. The number of halogens is 2. The molecule has 3 aromatic rings. The Labute approximate surface area is 201 Å². The lowest BCUT2D eigenvalue weighted by Gasteiger charge is -2.42. The smallest absolute Gasteiger partial charge is 0.241 e. The summed E-state index contributed by atoms with van der Waals surface area (Å²) >= 11 is 0. The van der Waals surface area contributed by atoms with Gasteiger partial charge in [0.05, 0.1) is 5.92 Å². The van der Waals surface area contributed by atoms with Gasteiger partial charge < -0.3 is 15.5 Å². The van der Waals surface area contributed by atoms with Gasteiger partial charge in [-0.25, -0.2) is 27.3 Å². The van der Waals surface area contributed by atoms with Crippen molar-refractivity contribution in [2.75, 3.05) is 28.6 Å². The highest BCUT2D eigenvalue weighted by molar-refractivity contribution is 7.89. The maximum Gasteiger partial charge on any atom is 0.241 e. The van der Waals surface area contributed by atoms with Gasteiger partial charge >= 0.3 is 0 Å². The molecule has 0 aliphatic carbocycles. The molecule has 0 radical (unpaired) electrons. The van der Waals surface area contributed by atoms with Crippen molar-refractivity contribution in [2.24, 2.45) is 11.1 Å². The Balaban J connectivity index is 1.30. The van der Waals surface area contributed by atoms with Crippen LogP contribution in [0.15, 0.2) is 53.6 Å². The first kappa shape index (κ1) is 23.2. The van der Waals surface area contributed by atoms with Gasteiger partial charge in [-0.05, 0) is 48.7 Å². The fraction of sp³-hybridized carbons (Fsp3) is 0.250. The van der Waals surface area contributed by atoms with Gasteiger partial charge in [0.15, 0.2) is 0 Å². The van der Waals surface area contributed by atoms with Crippen LogP contribution in [0, 0.1) is 17.6 Å². The van der Waals surface area contributed by atoms with Crippen LogP contribution in [0.4, 0.5) is 26.0 Å². The molecule has 1 atom stereocenters. The SMILES string of the molecule is CC1Cc2cc(F)c(S(N)(=O)=O)cc2N1C(=O)C1CN(c2ccc(-c3cnc(N)cc3F)cc2)C1. The fourth-order valence-corrected chi connectivity index (χ4v) is 5.33. The zero-order valence-corrected chi connectivity index (χ0v) is 19.6. The Bertz CT molecular complexity index is 1440. The van der Waals surface area contributed by atoms with E-state index in [0.29, 0.717) is 41.9 Å². The highest BCUT2D eigenvalue weighted by atomic mass is 32.2. The van der Waals surface area contributed by atoms with Gasteiger partial charge in [-0.1, -0.05) is 12.1 Å². The van der Waals surface area contributed by atoms with Crippen molar-refractivity contribution in [3.05, 3.63) is 65.9 Å². The first-order chi connectivity index (χ1) is 16.5. The second-order valence-corrected chi connectivity index (χ2v) is 10.5. The second kappa shape index (κ2) is 8.28. The third kappa shape index (κ3) is 4.10. The van der Waals surface area contributed by atoms with E-state index in [9.17, 15) is 22.0 Å². The number of nitrogen functional groups attached to an aromatic ring is 1. The lowest BCUT2D eigenvalue weighted by atomic mass is 9.96. The first-order valence-electron chi connectivity index (χ1n) is 11.0. The van der Waals surface area contributed by atoms with Crippen LogP contribution >= 0.6 is 0 Å². The van der Waals surface area contributed by atoms with Gasteiger partial charge in [-0.2, -0.15) is 0 Å². The minimum Gasteiger partial charge on any atom is -0.384 e. The van der Waals surface area contributed by atoms with Gasteiger partial charge in [0.2, 0.25) is 15.9 Å². The van der Waals surface area contributed by atoms with E-state index in [2.05, 4.69) is 4.98 Å². The van der Waals surface area contributed by atoms with Crippen LogP contribution in [0.25, 0.3) is 11.1 Å². The quantitative estimate of drug-likeness (QED) is 0.569. The Hall–Kier alpha value is -3.57. The number of sulfonamides is 1. The van der Waals surface area contributed by atoms with Crippen molar-refractivity contribution in [1.82, 2.24) is 4.98 Å². The molecule has 1 fully saturated rings. The maximum atomic E-state index is 14.2. The minimum atomic E-state index is -4.26. The highest BCUT2D eigenvalue weighted by Gasteiger charge is 2.41. The summed E-state index contributed by atoms with van der Waals surface area (Å²) in [6.45, 7) is 2.78. The van der Waals surface area contributed by atoms with E-state index in [-0.39, 0.29) is 23.7 Å². The number of hydrogen-bond donors (Lipinski definition) is 2. The molecule has 2 aromatic carbocycles. The summed E-state index contributed by atoms with van der Waals surface area (Å²) in [6, 6.07) is 10.5. The molecule has 2 aliphatic heterocycles. The van der Waals surface area contributed by atoms with Crippen LogP contribution in [0.5, 0.6) is 0 Å². The summed E-state index contributed by atoms with van der Waals surface area (Å²) in [6.07, 6.45) is 1.82. The molecule has 1 aromatic heterocycles. The van der Waals surface area contributed by atoms with Crippen molar-refractivity contribution < 1.29 is 22.0 Å². The first-order valence-corrected chi connectivity index (χ1v) is 12.5. The molecule has 1 unspecified atom stereocenters. The number of fused-ring (bicyclic) bond motifs is 1. The van der Waals surface area contributed by atoms with Gasteiger partial charge in [-0.3, -0.25) is 4.79 Å². The number of hydrogen-bond acceptors (Lipinski definition) is 6. The third-order valence-electron chi connectivity index (χ3n) is 6.54. The van der Waals surface area contributed by atoms with E-state index >= 15 is 0 Å². The van der Waals surface area contributed by atoms with Crippen molar-refractivity contribution in [3.8, 4) is 11.1 Å². The number of carbonyl (C=O) groups is 1. The van der Waals surface area contributed by atoms with Gasteiger partial charge in [0.25, 0.3) is 0 Å². The average molecular weight is 500 g/mol. The van der Waals surface area contributed by atoms with E-state index < -0.39 is 26.6 Å². The standard InChI is InChI=1S/C24H23F2N5O3S/c1-13-6-15-7-20(26)22(35(28,33)34)9-21(15)31(13)24(32)16-11-30(12-16)17-4-2-14(3-5-17)18-10-29-23(27)8-19(18)25/h2-5,7-10,13,16H,6,11-12H2,1H3,(H2,27,29)(H2,28,33,34). The maximum absolute atomic E-state index is 14.2. The Morgan fingerprint density at radius 1 is 1.09 bits per heavy atom. The molecule has 11 heteroatoms. The molecule has 0 spiro atoms. The molecule has 35 heavy (non-hydrogen) atoms. The topological polar surface area (TPSA) is 123 Å². The molecular formula is C24H23F2N5O3S. The van der Waals surface area contributed by atoms with E-state index in [1.807, 2.05) is 24.0 Å². The number of nitrogens with zero attached hydrogens (tertiary/aromatic N) is 3. The molecule has 1 amide bonds. The van der Waals surface area contributed by atoms with Crippen LogP contribution in [-0.4, -0.2) is 38.4 Å². The van der Waals surface area contributed by atoms with Gasteiger partial charge in [-0.15, -0.1) is 0 Å². The number of nitrogens with two attached hydrogens (primary N) is 2. The number of anilines is 3. The number of amides is 1. The van der Waals surface area contributed by atoms with Crippen molar-refractivity contribution in [2.45, 2.75) is 24.3 Å². The number of benzene rings is 2. The number of carbonyl (C=O) groups excluding carboxylic acids is 1. The zero-order chi connectivity index (χ0) is 25.1. The molecule has 0 saturated carbocycles. The van der Waals surface area contributed by atoms with Crippen molar-refractivity contribution in [1.29, 1.82) is 0 Å². The van der Waals surface area contributed by atoms with Crippen molar-refractivity contribution in [3.63, 3.8) is 0 Å². The van der Waals surface area contributed by atoms with Crippen LogP contribution in [-0.2, 0) is 21.2 Å². The van der Waals surface area contributed by atoms with Crippen LogP contribution in [0.3, 0.4) is 0 Å². The molecule has 4 N–H and O–H groups in total. The lowest BCUT2D eigenvalue weighted by molar-refractivity contribution is -0.123. The minimum absolute atomic E-state index is 0.111. The van der Waals surface area contributed by atoms with Gasteiger partial charge in [0.1, 0.15) is 22.3 Å². The number of primary sulfonamides is 1. The van der Waals surface area contributed by atoms with Gasteiger partial charge in [0, 0.05) is 48.3 Å². The Kier molecular flexibility index (Phi) is 5.48. The lowest BCUT2D eigenvalue weighted by Crippen LogP contribution is -2.55. The Morgan fingerprint density at radius 3 is 2.40 bits per heavy atom. The molecule has 5 rings (SSSR count). The molecule has 1 saturated heterocycles. The van der Waals surface area contributed by atoms with Crippen LogP contribution in [0.2, 0.25) is 0 Å². The predicted octanol–water partition coefficient (Wildman–Crippen LogP) is 2.67. The normalized spacial score (nSPS) is 17.9. The number of pyridine rings is 1. The molecule has 3 heterocycles. The molecular weight excluding hydrogens is 476 g/mol. The van der Waals surface area contributed by atoms with Crippen molar-refractivity contribution >= 4 is 33.1 Å². The average Bonchev–Trinajstić information content (AvgIpc) is 3.06. The largest absolute Gasteiger partial charge is 0.384 e. The molecule has 8 nitrogen and oxygen atoms in total. The van der Waals surface area contributed by atoms with E-state index in [1.165, 1.54) is 12.3 Å². The summed E-state index contributed by atoms with van der Waals surface area (Å²) in [5.41, 5.74) is 8.36. The van der Waals surface area contributed by atoms with E-state index in [1.54, 1.807) is 17.0 Å². The summed E-state index contributed by atoms with van der Waals surface area (Å²) in [4.78, 5) is 20.2. The summed E-state index contributed by atoms with van der Waals surface area (Å²) < 4.78 is 51.9. The molecule has 0 bridgehead atoms. The zero-order valence-electron chi connectivity index (χ0n) is 18.8. The van der Waals surface area contributed by atoms with Crippen LogP contribution in [0.1, 0.15) is 12.5 Å². The number of aromatic nitrogens is 1. The predicted molar refractivity (Wildman–Crippen MR) is 128 cm³/mol. The Morgan fingerprint density at radius 2 is 1.77 bits per heavy atom. The monoisotopic (exact) mass is 499 g/mol. The van der Waals surface area contributed by atoms with E-state index in [4.69, 9.17) is 10.9 Å². The summed E-state index contributed by atoms with van der Waals surface area (Å²) in [5, 5.41) is 5.14. The number of rotatable bonds is 4.